The molecule has 3 rings (SSSR count). The van der Waals surface area contributed by atoms with E-state index in [1.165, 1.54) is 11.6 Å². The van der Waals surface area contributed by atoms with E-state index in [1.54, 1.807) is 11.6 Å². The first-order chi connectivity index (χ1) is 12.6. The lowest BCUT2D eigenvalue weighted by molar-refractivity contribution is -0.123. The van der Waals surface area contributed by atoms with Crippen LogP contribution in [0, 0.1) is 0 Å². The van der Waals surface area contributed by atoms with Crippen LogP contribution >= 0.6 is 0 Å². The first-order valence-electron chi connectivity index (χ1n) is 8.75. The molecule has 0 aliphatic rings. The number of rotatable bonds is 3. The summed E-state index contributed by atoms with van der Waals surface area (Å²) < 4.78 is 4.12. The van der Waals surface area contributed by atoms with E-state index in [1.807, 2.05) is 57.3 Å². The number of nitrogens with one attached hydrogen (secondary N) is 1. The third kappa shape index (κ3) is 3.45. The summed E-state index contributed by atoms with van der Waals surface area (Å²) in [6.45, 7) is 5.47. The molecule has 1 amide bonds. The number of aromatic nitrogens is 3. The van der Waals surface area contributed by atoms with E-state index in [2.05, 4.69) is 5.32 Å². The highest BCUT2D eigenvalue weighted by molar-refractivity contribution is 5.93. The van der Waals surface area contributed by atoms with Gasteiger partial charge in [0.2, 0.25) is 5.91 Å². The van der Waals surface area contributed by atoms with Gasteiger partial charge in [0.25, 0.3) is 5.56 Å². The van der Waals surface area contributed by atoms with Crippen LogP contribution in [-0.2, 0) is 25.4 Å². The van der Waals surface area contributed by atoms with Crippen molar-refractivity contribution in [3.8, 4) is 11.1 Å². The molecule has 7 nitrogen and oxygen atoms in total. The average Bonchev–Trinajstić information content (AvgIpc) is 2.93. The van der Waals surface area contributed by atoms with Crippen molar-refractivity contribution in [3.05, 3.63) is 57.4 Å². The number of aryl methyl sites for hydroxylation is 1. The summed E-state index contributed by atoms with van der Waals surface area (Å²) in [5.74, 6) is -0.285. The minimum absolute atomic E-state index is 0.162. The average molecular weight is 368 g/mol. The van der Waals surface area contributed by atoms with Gasteiger partial charge in [-0.05, 0) is 26.3 Å². The number of carbonyl (C=O) groups is 1. The van der Waals surface area contributed by atoms with Crippen molar-refractivity contribution in [1.29, 1.82) is 0 Å². The fourth-order valence-corrected chi connectivity index (χ4v) is 3.24. The summed E-state index contributed by atoms with van der Waals surface area (Å²) in [7, 11) is 3.19. The Morgan fingerprint density at radius 1 is 1.04 bits per heavy atom. The normalized spacial score (nSPS) is 11.7. The Hall–Kier alpha value is -3.09. The lowest BCUT2D eigenvalue weighted by Crippen LogP contribution is -2.45. The number of hydrogen-bond acceptors (Lipinski definition) is 3. The molecule has 0 saturated carbocycles. The fourth-order valence-electron chi connectivity index (χ4n) is 3.24. The van der Waals surface area contributed by atoms with E-state index in [-0.39, 0.29) is 18.0 Å². The van der Waals surface area contributed by atoms with Gasteiger partial charge in [-0.2, -0.15) is 0 Å². The zero-order valence-corrected chi connectivity index (χ0v) is 16.2. The van der Waals surface area contributed by atoms with Crippen molar-refractivity contribution in [2.75, 3.05) is 0 Å². The molecule has 2 heterocycles. The van der Waals surface area contributed by atoms with E-state index in [4.69, 9.17) is 0 Å². The number of amides is 1. The first-order valence-corrected chi connectivity index (χ1v) is 8.75. The maximum atomic E-state index is 12.8. The van der Waals surface area contributed by atoms with Gasteiger partial charge in [-0.25, -0.2) is 4.79 Å². The van der Waals surface area contributed by atoms with E-state index < -0.39 is 11.2 Å². The number of nitrogens with zero attached hydrogens (tertiary/aromatic N) is 3. The second-order valence-electron chi connectivity index (χ2n) is 7.75. The van der Waals surface area contributed by atoms with E-state index >= 15 is 0 Å². The number of hydrogen-bond donors (Lipinski definition) is 1. The molecule has 0 fully saturated rings. The zero-order valence-electron chi connectivity index (χ0n) is 16.2. The lowest BCUT2D eigenvalue weighted by Gasteiger charge is -2.21. The van der Waals surface area contributed by atoms with Crippen LogP contribution in [0.15, 0.2) is 46.1 Å². The summed E-state index contributed by atoms with van der Waals surface area (Å²) in [6.07, 6.45) is 1.82. The van der Waals surface area contributed by atoms with Crippen molar-refractivity contribution in [1.82, 2.24) is 19.0 Å². The van der Waals surface area contributed by atoms with Gasteiger partial charge in [-0.1, -0.05) is 30.3 Å². The molecule has 27 heavy (non-hydrogen) atoms. The molecule has 7 heteroatoms. The summed E-state index contributed by atoms with van der Waals surface area (Å²) in [5, 5.41) is 2.87. The molecule has 142 valence electrons. The van der Waals surface area contributed by atoms with Crippen LogP contribution in [0.25, 0.3) is 22.2 Å². The van der Waals surface area contributed by atoms with Gasteiger partial charge in [-0.3, -0.25) is 18.7 Å². The molecule has 0 atom stereocenters. The molecule has 0 aliphatic heterocycles. The largest absolute Gasteiger partial charge is 0.350 e. The second-order valence-corrected chi connectivity index (χ2v) is 7.75. The Bertz CT molecular complexity index is 1130. The first kappa shape index (κ1) is 18.7. The molecular formula is C20H24N4O3. The minimum atomic E-state index is -0.514. The van der Waals surface area contributed by atoms with Gasteiger partial charge in [0.05, 0.1) is 5.52 Å². The van der Waals surface area contributed by atoms with Gasteiger partial charge in [0.15, 0.2) is 0 Å². The summed E-state index contributed by atoms with van der Waals surface area (Å²) in [4.78, 5) is 38.1. The molecular weight excluding hydrogens is 344 g/mol. The van der Waals surface area contributed by atoms with Crippen LogP contribution in [0.2, 0.25) is 0 Å². The molecule has 1 N–H and O–H groups in total. The lowest BCUT2D eigenvalue weighted by atomic mass is 10.1. The monoisotopic (exact) mass is 368 g/mol. The Morgan fingerprint density at radius 2 is 1.67 bits per heavy atom. The van der Waals surface area contributed by atoms with Crippen LogP contribution in [-0.4, -0.2) is 25.1 Å². The quantitative estimate of drug-likeness (QED) is 0.763. The highest BCUT2D eigenvalue weighted by atomic mass is 16.2. The molecule has 1 aromatic carbocycles. The molecule has 2 aromatic heterocycles. The van der Waals surface area contributed by atoms with E-state index in [9.17, 15) is 14.4 Å². The van der Waals surface area contributed by atoms with Crippen molar-refractivity contribution < 1.29 is 4.79 Å². The van der Waals surface area contributed by atoms with Crippen LogP contribution in [0.4, 0.5) is 0 Å². The van der Waals surface area contributed by atoms with Gasteiger partial charge in [-0.15, -0.1) is 0 Å². The Kier molecular flexibility index (Phi) is 4.55. The topological polar surface area (TPSA) is 78.0 Å². The second kappa shape index (κ2) is 6.57. The third-order valence-electron chi connectivity index (χ3n) is 4.35. The third-order valence-corrected chi connectivity index (χ3v) is 4.35. The SMILES string of the molecule is Cn1c(=O)c2c(c(-c3ccccc3)cn2C)n(CC(=O)NC(C)(C)C)c1=O. The van der Waals surface area contributed by atoms with Crippen LogP contribution in [0.1, 0.15) is 20.8 Å². The number of fused-ring (bicyclic) bond motifs is 1. The van der Waals surface area contributed by atoms with Gasteiger partial charge < -0.3 is 9.88 Å². The molecule has 0 saturated heterocycles. The molecule has 3 aromatic rings. The predicted molar refractivity (Wildman–Crippen MR) is 106 cm³/mol. The summed E-state index contributed by atoms with van der Waals surface area (Å²) in [6, 6.07) is 9.51. The molecule has 0 aliphatic carbocycles. The van der Waals surface area contributed by atoms with Gasteiger partial charge in [0, 0.05) is 31.4 Å². The van der Waals surface area contributed by atoms with Gasteiger partial charge in [0.1, 0.15) is 12.1 Å². The highest BCUT2D eigenvalue weighted by Crippen LogP contribution is 2.27. The fraction of sp³-hybridized carbons (Fsp3) is 0.350. The molecule has 0 spiro atoms. The Morgan fingerprint density at radius 3 is 2.26 bits per heavy atom. The van der Waals surface area contributed by atoms with Gasteiger partial charge >= 0.3 is 5.69 Å². The van der Waals surface area contributed by atoms with E-state index in [0.29, 0.717) is 11.0 Å². The standard InChI is InChI=1S/C20H24N4O3/c1-20(2,3)21-15(25)12-24-16-14(13-9-7-6-8-10-13)11-22(4)17(16)18(26)23(5)19(24)27/h6-11H,12H2,1-5H3,(H,21,25). The maximum Gasteiger partial charge on any atom is 0.331 e. The van der Waals surface area contributed by atoms with E-state index in [0.717, 1.165) is 15.7 Å². The molecule has 0 radical (unpaired) electrons. The zero-order chi connectivity index (χ0) is 19.9. The van der Waals surface area contributed by atoms with Crippen molar-refractivity contribution in [3.63, 3.8) is 0 Å². The maximum absolute atomic E-state index is 12.8. The minimum Gasteiger partial charge on any atom is -0.350 e. The van der Waals surface area contributed by atoms with Crippen LogP contribution < -0.4 is 16.6 Å². The van der Waals surface area contributed by atoms with Crippen molar-refractivity contribution >= 4 is 16.9 Å². The Balaban J connectivity index is 2.30. The van der Waals surface area contributed by atoms with Crippen molar-refractivity contribution in [2.24, 2.45) is 14.1 Å². The smallest absolute Gasteiger partial charge is 0.331 e. The summed E-state index contributed by atoms with van der Waals surface area (Å²) >= 11 is 0. The highest BCUT2D eigenvalue weighted by Gasteiger charge is 2.22. The Labute approximate surface area is 156 Å². The summed E-state index contributed by atoms with van der Waals surface area (Å²) in [5.41, 5.74) is 1.17. The molecule has 0 bridgehead atoms. The predicted octanol–water partition coefficient (Wildman–Crippen LogP) is 1.62. The molecule has 0 unspecified atom stereocenters. The number of benzene rings is 1. The number of carbonyl (C=O) groups excluding carboxylic acids is 1. The van der Waals surface area contributed by atoms with Crippen LogP contribution in [0.5, 0.6) is 0 Å². The van der Waals surface area contributed by atoms with Crippen molar-refractivity contribution in [2.45, 2.75) is 32.9 Å². The van der Waals surface area contributed by atoms with Crippen LogP contribution in [0.3, 0.4) is 0 Å².